The van der Waals surface area contributed by atoms with E-state index in [9.17, 15) is 9.18 Å². The summed E-state index contributed by atoms with van der Waals surface area (Å²) in [5, 5.41) is 12.0. The van der Waals surface area contributed by atoms with Crippen LogP contribution in [0.2, 0.25) is 0 Å². The number of thioether (sulfide) groups is 1. The van der Waals surface area contributed by atoms with Gasteiger partial charge in [-0.05, 0) is 30.0 Å². The maximum absolute atomic E-state index is 13.7. The largest absolute Gasteiger partial charge is 0.355 e. The van der Waals surface area contributed by atoms with Crippen molar-refractivity contribution in [2.24, 2.45) is 0 Å². The smallest absolute Gasteiger partial charge is 0.230 e. The first kappa shape index (κ1) is 16.7. The van der Waals surface area contributed by atoms with Crippen molar-refractivity contribution >= 4 is 29.0 Å². The highest BCUT2D eigenvalue weighted by molar-refractivity contribution is 7.99. The number of nitrogens with zero attached hydrogens (tertiary/aromatic N) is 2. The SMILES string of the molecule is O=C(CSc1n[nH]c(-c2ccccc2F)n1)NCCc1cccs1. The van der Waals surface area contributed by atoms with E-state index in [1.54, 1.807) is 29.5 Å². The van der Waals surface area contributed by atoms with Gasteiger partial charge in [-0.15, -0.1) is 16.4 Å². The quantitative estimate of drug-likeness (QED) is 0.634. The zero-order valence-corrected chi connectivity index (χ0v) is 14.3. The first-order chi connectivity index (χ1) is 11.7. The third-order valence-electron chi connectivity index (χ3n) is 3.20. The second kappa shape index (κ2) is 8.07. The van der Waals surface area contributed by atoms with Crippen LogP contribution in [0.4, 0.5) is 4.39 Å². The number of aromatic nitrogens is 3. The highest BCUT2D eigenvalue weighted by Gasteiger charge is 2.11. The van der Waals surface area contributed by atoms with Crippen molar-refractivity contribution in [3.8, 4) is 11.4 Å². The Morgan fingerprint density at radius 1 is 1.29 bits per heavy atom. The van der Waals surface area contributed by atoms with Crippen LogP contribution in [0.3, 0.4) is 0 Å². The average Bonchev–Trinajstić information content (AvgIpc) is 3.25. The van der Waals surface area contributed by atoms with Gasteiger partial charge in [0.15, 0.2) is 5.82 Å². The molecule has 0 aliphatic rings. The Morgan fingerprint density at radius 2 is 2.17 bits per heavy atom. The topological polar surface area (TPSA) is 70.7 Å². The number of benzene rings is 1. The molecule has 0 saturated heterocycles. The van der Waals surface area contributed by atoms with Gasteiger partial charge in [0.05, 0.1) is 11.3 Å². The molecule has 1 amide bonds. The summed E-state index contributed by atoms with van der Waals surface area (Å²) in [6.45, 7) is 0.606. The van der Waals surface area contributed by atoms with Crippen LogP contribution in [0.1, 0.15) is 4.88 Å². The maximum Gasteiger partial charge on any atom is 0.230 e. The van der Waals surface area contributed by atoms with Crippen LogP contribution in [-0.4, -0.2) is 33.4 Å². The first-order valence-corrected chi connectivity index (χ1v) is 9.18. The minimum atomic E-state index is -0.364. The lowest BCUT2D eigenvalue weighted by atomic mass is 10.2. The molecule has 124 valence electrons. The van der Waals surface area contributed by atoms with Gasteiger partial charge in [0.2, 0.25) is 11.1 Å². The number of carbonyl (C=O) groups is 1. The Kier molecular flexibility index (Phi) is 5.60. The van der Waals surface area contributed by atoms with E-state index in [1.165, 1.54) is 22.7 Å². The number of hydrogen-bond donors (Lipinski definition) is 2. The fraction of sp³-hybridized carbons (Fsp3) is 0.188. The van der Waals surface area contributed by atoms with Crippen molar-refractivity contribution in [2.75, 3.05) is 12.3 Å². The van der Waals surface area contributed by atoms with E-state index in [-0.39, 0.29) is 17.5 Å². The molecular formula is C16H15FN4OS2. The van der Waals surface area contributed by atoms with E-state index in [4.69, 9.17) is 0 Å². The van der Waals surface area contributed by atoms with Gasteiger partial charge in [-0.3, -0.25) is 9.89 Å². The third-order valence-corrected chi connectivity index (χ3v) is 4.98. The zero-order valence-electron chi connectivity index (χ0n) is 12.7. The molecule has 1 aromatic carbocycles. The summed E-state index contributed by atoms with van der Waals surface area (Å²) in [7, 11) is 0. The molecule has 0 saturated carbocycles. The van der Waals surface area contributed by atoms with Crippen molar-refractivity contribution in [2.45, 2.75) is 11.6 Å². The summed E-state index contributed by atoms with van der Waals surface area (Å²) in [5.41, 5.74) is 0.359. The molecule has 5 nitrogen and oxygen atoms in total. The number of rotatable bonds is 7. The summed E-state index contributed by atoms with van der Waals surface area (Å²) in [5.74, 6) is 0.137. The number of carbonyl (C=O) groups excluding carboxylic acids is 1. The zero-order chi connectivity index (χ0) is 16.8. The van der Waals surface area contributed by atoms with Crippen molar-refractivity contribution < 1.29 is 9.18 Å². The predicted molar refractivity (Wildman–Crippen MR) is 93.5 cm³/mol. The van der Waals surface area contributed by atoms with Crippen LogP contribution in [0, 0.1) is 5.82 Å². The summed E-state index contributed by atoms with van der Waals surface area (Å²) in [6, 6.07) is 10.4. The molecule has 3 rings (SSSR count). The average molecular weight is 362 g/mol. The van der Waals surface area contributed by atoms with Crippen LogP contribution >= 0.6 is 23.1 Å². The lowest BCUT2D eigenvalue weighted by molar-refractivity contribution is -0.118. The molecule has 0 radical (unpaired) electrons. The molecule has 0 spiro atoms. The number of amides is 1. The summed E-state index contributed by atoms with van der Waals surface area (Å²) in [6.07, 6.45) is 0.826. The van der Waals surface area contributed by atoms with E-state index in [0.717, 1.165) is 6.42 Å². The summed E-state index contributed by atoms with van der Waals surface area (Å²) >= 11 is 2.89. The number of halogens is 1. The molecule has 0 fully saturated rings. The van der Waals surface area contributed by atoms with Gasteiger partial charge in [0.25, 0.3) is 0 Å². The number of hydrogen-bond acceptors (Lipinski definition) is 5. The monoisotopic (exact) mass is 362 g/mol. The molecule has 0 aliphatic heterocycles. The Morgan fingerprint density at radius 3 is 2.96 bits per heavy atom. The first-order valence-electron chi connectivity index (χ1n) is 7.31. The highest BCUT2D eigenvalue weighted by atomic mass is 32.2. The number of aromatic amines is 1. The maximum atomic E-state index is 13.7. The Bertz CT molecular complexity index is 804. The van der Waals surface area contributed by atoms with Crippen molar-refractivity contribution in [3.05, 3.63) is 52.5 Å². The van der Waals surface area contributed by atoms with Gasteiger partial charge in [0, 0.05) is 11.4 Å². The molecule has 24 heavy (non-hydrogen) atoms. The van der Waals surface area contributed by atoms with Crippen LogP contribution in [0.5, 0.6) is 0 Å². The van der Waals surface area contributed by atoms with Crippen molar-refractivity contribution in [1.29, 1.82) is 0 Å². The standard InChI is InChI=1S/C16H15FN4OS2/c17-13-6-2-1-5-12(13)15-19-16(21-20-15)24-10-14(22)18-8-7-11-4-3-9-23-11/h1-6,9H,7-8,10H2,(H,18,22)(H,19,20,21). The van der Waals surface area contributed by atoms with Gasteiger partial charge in [-0.2, -0.15) is 0 Å². The second-order valence-corrected chi connectivity index (χ2v) is 6.89. The highest BCUT2D eigenvalue weighted by Crippen LogP contribution is 2.21. The predicted octanol–water partition coefficient (Wildman–Crippen LogP) is 3.12. The van der Waals surface area contributed by atoms with Crippen LogP contribution in [0.25, 0.3) is 11.4 Å². The molecule has 2 N–H and O–H groups in total. The van der Waals surface area contributed by atoms with Crippen molar-refractivity contribution in [3.63, 3.8) is 0 Å². The normalized spacial score (nSPS) is 10.7. The molecule has 0 atom stereocenters. The minimum absolute atomic E-state index is 0.0752. The van der Waals surface area contributed by atoms with Crippen LogP contribution in [-0.2, 0) is 11.2 Å². The van der Waals surface area contributed by atoms with Gasteiger partial charge in [-0.25, -0.2) is 9.37 Å². The van der Waals surface area contributed by atoms with Gasteiger partial charge in [0.1, 0.15) is 5.82 Å². The second-order valence-electron chi connectivity index (χ2n) is 4.91. The van der Waals surface area contributed by atoms with E-state index in [2.05, 4.69) is 20.5 Å². The number of H-pyrrole nitrogens is 1. The summed E-state index contributed by atoms with van der Waals surface area (Å²) < 4.78 is 13.7. The van der Waals surface area contributed by atoms with E-state index in [1.807, 2.05) is 17.5 Å². The van der Waals surface area contributed by atoms with Gasteiger partial charge >= 0.3 is 0 Å². The van der Waals surface area contributed by atoms with Gasteiger partial charge < -0.3 is 5.32 Å². The fourth-order valence-electron chi connectivity index (χ4n) is 2.05. The number of nitrogens with one attached hydrogen (secondary N) is 2. The molecular weight excluding hydrogens is 347 g/mol. The van der Waals surface area contributed by atoms with E-state index >= 15 is 0 Å². The summed E-state index contributed by atoms with van der Waals surface area (Å²) in [4.78, 5) is 17.3. The Balaban J connectivity index is 1.47. The fourth-order valence-corrected chi connectivity index (χ4v) is 3.38. The molecule has 0 aliphatic carbocycles. The van der Waals surface area contributed by atoms with E-state index < -0.39 is 0 Å². The van der Waals surface area contributed by atoms with Crippen LogP contribution in [0.15, 0.2) is 46.9 Å². The van der Waals surface area contributed by atoms with Crippen molar-refractivity contribution in [1.82, 2.24) is 20.5 Å². The molecule has 2 heterocycles. The lowest BCUT2D eigenvalue weighted by Crippen LogP contribution is -2.27. The molecule has 8 heteroatoms. The van der Waals surface area contributed by atoms with E-state index in [0.29, 0.717) is 23.1 Å². The lowest BCUT2D eigenvalue weighted by Gasteiger charge is -2.02. The Hall–Kier alpha value is -2.19. The minimum Gasteiger partial charge on any atom is -0.355 e. The molecule has 0 unspecified atom stereocenters. The van der Waals surface area contributed by atoms with Gasteiger partial charge in [-0.1, -0.05) is 30.0 Å². The molecule has 3 aromatic rings. The Labute approximate surface area is 146 Å². The molecule has 2 aromatic heterocycles. The number of thiophene rings is 1. The van der Waals surface area contributed by atoms with Crippen LogP contribution < -0.4 is 5.32 Å². The molecule has 0 bridgehead atoms. The third kappa shape index (κ3) is 4.42.